The fourth-order valence-electron chi connectivity index (χ4n) is 3.86. The summed E-state index contributed by atoms with van der Waals surface area (Å²) in [6, 6.07) is 8.05. The highest BCUT2D eigenvalue weighted by Crippen LogP contribution is 2.63. The number of benzene rings is 1. The Morgan fingerprint density at radius 3 is 2.63 bits per heavy atom. The molecule has 2 fully saturated rings. The van der Waals surface area contributed by atoms with Crippen LogP contribution in [0.3, 0.4) is 0 Å². The Morgan fingerprint density at radius 2 is 2.11 bits per heavy atom. The fraction of sp³-hybridized carbons (Fsp3) is 0.579. The molecule has 2 aliphatic carbocycles. The summed E-state index contributed by atoms with van der Waals surface area (Å²) in [5.41, 5.74) is -0.582. The van der Waals surface area contributed by atoms with E-state index in [-0.39, 0.29) is 18.3 Å². The summed E-state index contributed by atoms with van der Waals surface area (Å²) < 4.78 is 34.0. The third-order valence-electron chi connectivity index (χ3n) is 5.34. The SMILES string of the molecule is CC(C)(C)[S+]([O-])N[C@@]1(C#N)[C@H]2[C@@H](C[C@H]1OCc1ccc(F)cc1)[C@@H]2C(=O)O. The third-order valence-corrected chi connectivity index (χ3v) is 6.98. The van der Waals surface area contributed by atoms with Crippen LogP contribution in [0.2, 0.25) is 0 Å². The average molecular weight is 394 g/mol. The second kappa shape index (κ2) is 7.06. The molecule has 0 amide bonds. The molecule has 146 valence electrons. The van der Waals surface area contributed by atoms with Crippen LogP contribution < -0.4 is 4.72 Å². The van der Waals surface area contributed by atoms with Gasteiger partial charge in [0.2, 0.25) is 0 Å². The first-order chi connectivity index (χ1) is 12.6. The number of nitrogens with one attached hydrogen (secondary N) is 1. The number of nitrogens with zero attached hydrogens (tertiary/aromatic N) is 1. The van der Waals surface area contributed by atoms with E-state index >= 15 is 0 Å². The Kier molecular flexibility index (Phi) is 5.25. The highest BCUT2D eigenvalue weighted by molar-refractivity contribution is 7.90. The summed E-state index contributed by atoms with van der Waals surface area (Å²) in [5.74, 6) is -2.53. The number of ether oxygens (including phenoxy) is 1. The molecule has 6 nitrogen and oxygen atoms in total. The van der Waals surface area contributed by atoms with Crippen molar-refractivity contribution < 1.29 is 23.6 Å². The van der Waals surface area contributed by atoms with Gasteiger partial charge in [-0.2, -0.15) is 5.26 Å². The van der Waals surface area contributed by atoms with E-state index in [9.17, 15) is 24.1 Å². The number of hydrogen-bond donors (Lipinski definition) is 2. The van der Waals surface area contributed by atoms with E-state index in [1.54, 1.807) is 32.9 Å². The van der Waals surface area contributed by atoms with Crippen molar-refractivity contribution in [3.05, 3.63) is 35.6 Å². The molecule has 27 heavy (non-hydrogen) atoms. The summed E-state index contributed by atoms with van der Waals surface area (Å²) in [7, 11) is 0. The molecule has 6 atom stereocenters. The van der Waals surface area contributed by atoms with Crippen LogP contribution in [0, 0.1) is 34.9 Å². The van der Waals surface area contributed by atoms with Gasteiger partial charge in [-0.25, -0.2) is 4.39 Å². The highest BCUT2D eigenvalue weighted by atomic mass is 32.2. The maximum Gasteiger partial charge on any atom is 0.307 e. The first kappa shape index (κ1) is 20.1. The van der Waals surface area contributed by atoms with Crippen molar-refractivity contribution in [1.82, 2.24) is 4.72 Å². The summed E-state index contributed by atoms with van der Waals surface area (Å²) >= 11 is -1.56. The van der Waals surface area contributed by atoms with Gasteiger partial charge in [-0.05, 0) is 50.8 Å². The topological polar surface area (TPSA) is 105 Å². The molecule has 1 aromatic rings. The first-order valence-electron chi connectivity index (χ1n) is 8.80. The Morgan fingerprint density at radius 1 is 1.48 bits per heavy atom. The molecule has 2 N–H and O–H groups in total. The van der Waals surface area contributed by atoms with E-state index in [2.05, 4.69) is 10.8 Å². The largest absolute Gasteiger partial charge is 0.598 e. The molecular formula is C19H23FN2O4S. The summed E-state index contributed by atoms with van der Waals surface area (Å²) in [4.78, 5) is 11.5. The van der Waals surface area contributed by atoms with Gasteiger partial charge in [-0.15, -0.1) is 4.72 Å². The number of rotatable bonds is 6. The summed E-state index contributed by atoms with van der Waals surface area (Å²) in [6.45, 7) is 5.51. The molecule has 0 heterocycles. The van der Waals surface area contributed by atoms with E-state index in [1.165, 1.54) is 12.1 Å². The molecule has 3 rings (SSSR count). The second-order valence-electron chi connectivity index (χ2n) is 8.18. The molecule has 1 aromatic carbocycles. The van der Waals surface area contributed by atoms with Crippen molar-refractivity contribution in [2.75, 3.05) is 0 Å². The van der Waals surface area contributed by atoms with E-state index < -0.39 is 45.6 Å². The van der Waals surface area contributed by atoms with E-state index in [0.717, 1.165) is 5.56 Å². The Balaban J connectivity index is 1.81. The lowest BCUT2D eigenvalue weighted by molar-refractivity contribution is -0.140. The zero-order valence-electron chi connectivity index (χ0n) is 15.4. The first-order valence-corrected chi connectivity index (χ1v) is 9.95. The van der Waals surface area contributed by atoms with Crippen molar-refractivity contribution in [2.45, 2.75) is 50.2 Å². The molecule has 0 bridgehead atoms. The van der Waals surface area contributed by atoms with Crippen LogP contribution in [-0.2, 0) is 27.5 Å². The molecule has 0 radical (unpaired) electrons. The smallest absolute Gasteiger partial charge is 0.307 e. The van der Waals surface area contributed by atoms with Crippen LogP contribution in [0.5, 0.6) is 0 Å². The fourth-order valence-corrected chi connectivity index (χ4v) is 4.79. The maximum absolute atomic E-state index is 13.1. The van der Waals surface area contributed by atoms with Crippen LogP contribution in [-0.4, -0.2) is 32.0 Å². The number of halogens is 1. The van der Waals surface area contributed by atoms with Crippen molar-refractivity contribution in [3.63, 3.8) is 0 Å². The standard InChI is InChI=1S/C19H23FN2O4S/c1-18(2,3)27(25)22-19(10-21)14(8-13-15(16(13)19)17(23)24)26-9-11-4-6-12(20)7-5-11/h4-7,13-16,22H,8-9H2,1-3H3,(H,23,24)/t13-,14+,15-,16-,19+,27?/m0/s1. The predicted molar refractivity (Wildman–Crippen MR) is 97.1 cm³/mol. The summed E-state index contributed by atoms with van der Waals surface area (Å²) in [5, 5.41) is 19.4. The van der Waals surface area contributed by atoms with Gasteiger partial charge in [0.05, 0.1) is 24.7 Å². The van der Waals surface area contributed by atoms with E-state index in [4.69, 9.17) is 4.74 Å². The summed E-state index contributed by atoms with van der Waals surface area (Å²) in [6.07, 6.45) is -0.186. The molecule has 1 unspecified atom stereocenters. The van der Waals surface area contributed by atoms with Gasteiger partial charge in [0.15, 0.2) is 5.54 Å². The minimum atomic E-state index is -1.56. The average Bonchev–Trinajstić information content (AvgIpc) is 3.24. The number of carboxylic acids is 1. The van der Waals surface area contributed by atoms with Gasteiger partial charge in [-0.3, -0.25) is 4.79 Å². The minimum Gasteiger partial charge on any atom is -0.598 e. The molecule has 0 aliphatic heterocycles. The Bertz CT molecular complexity index is 760. The predicted octanol–water partition coefficient (Wildman–Crippen LogP) is 2.38. The van der Waals surface area contributed by atoms with Crippen molar-refractivity contribution >= 4 is 17.3 Å². The molecule has 8 heteroatoms. The van der Waals surface area contributed by atoms with Crippen LogP contribution in [0.25, 0.3) is 0 Å². The Labute approximate surface area is 161 Å². The van der Waals surface area contributed by atoms with Gasteiger partial charge < -0.3 is 14.4 Å². The van der Waals surface area contributed by atoms with Crippen LogP contribution in [0.15, 0.2) is 24.3 Å². The van der Waals surface area contributed by atoms with Gasteiger partial charge in [0.1, 0.15) is 10.6 Å². The molecule has 0 spiro atoms. The maximum atomic E-state index is 13.1. The zero-order chi connectivity index (χ0) is 20.0. The monoisotopic (exact) mass is 394 g/mol. The Hall–Kier alpha value is -1.66. The number of fused-ring (bicyclic) bond motifs is 1. The number of nitriles is 1. The van der Waals surface area contributed by atoms with Gasteiger partial charge in [0, 0.05) is 17.3 Å². The highest BCUT2D eigenvalue weighted by Gasteiger charge is 2.75. The van der Waals surface area contributed by atoms with Crippen molar-refractivity contribution in [1.29, 1.82) is 5.26 Å². The molecule has 0 aromatic heterocycles. The van der Waals surface area contributed by atoms with Crippen LogP contribution in [0.4, 0.5) is 4.39 Å². The number of carboxylic acid groups (broad SMARTS) is 1. The number of aliphatic carboxylic acids is 1. The van der Waals surface area contributed by atoms with Crippen molar-refractivity contribution in [2.24, 2.45) is 17.8 Å². The molecule has 2 saturated carbocycles. The van der Waals surface area contributed by atoms with Gasteiger partial charge >= 0.3 is 5.97 Å². The van der Waals surface area contributed by atoms with Gasteiger partial charge in [0.25, 0.3) is 0 Å². The minimum absolute atomic E-state index is 0.162. The lowest BCUT2D eigenvalue weighted by Crippen LogP contribution is -2.60. The lowest BCUT2D eigenvalue weighted by Gasteiger charge is -2.36. The zero-order valence-corrected chi connectivity index (χ0v) is 16.3. The molecule has 0 saturated heterocycles. The molecule has 2 aliphatic rings. The van der Waals surface area contributed by atoms with Gasteiger partial charge in [-0.1, -0.05) is 12.1 Å². The number of hydrogen-bond acceptors (Lipinski definition) is 5. The van der Waals surface area contributed by atoms with E-state index in [1.807, 2.05) is 0 Å². The van der Waals surface area contributed by atoms with E-state index in [0.29, 0.717) is 6.42 Å². The number of carbonyl (C=O) groups is 1. The quantitative estimate of drug-likeness (QED) is 0.718. The van der Waals surface area contributed by atoms with Crippen molar-refractivity contribution in [3.8, 4) is 6.07 Å². The normalized spacial score (nSPS) is 33.2. The lowest BCUT2D eigenvalue weighted by atomic mass is 9.90. The van der Waals surface area contributed by atoms with Crippen LogP contribution >= 0.6 is 0 Å². The van der Waals surface area contributed by atoms with Crippen LogP contribution in [0.1, 0.15) is 32.8 Å². The second-order valence-corrected chi connectivity index (χ2v) is 10.1. The molecular weight excluding hydrogens is 371 g/mol. The third kappa shape index (κ3) is 3.69.